The van der Waals surface area contributed by atoms with E-state index in [9.17, 15) is 20.4 Å². The van der Waals surface area contributed by atoms with E-state index in [0.717, 1.165) is 32.9 Å². The number of rotatable bonds is 6. The van der Waals surface area contributed by atoms with Gasteiger partial charge in [-0.3, -0.25) is 0 Å². The molecule has 6 aromatic carbocycles. The Morgan fingerprint density at radius 1 is 0.587 bits per heavy atom. The Morgan fingerprint density at radius 2 is 0.957 bits per heavy atom. The van der Waals surface area contributed by atoms with Crippen LogP contribution in [-0.4, -0.2) is 49.6 Å². The molecule has 1 fully saturated rings. The minimum atomic E-state index is -1.40. The van der Waals surface area contributed by atoms with Crippen molar-refractivity contribution in [2.24, 2.45) is 0 Å². The molecule has 1 saturated carbocycles. The first-order chi connectivity index (χ1) is 22.1. The summed E-state index contributed by atoms with van der Waals surface area (Å²) in [6.45, 7) is 5.48. The van der Waals surface area contributed by atoms with Gasteiger partial charge in [-0.15, -0.1) is 12.2 Å². The van der Waals surface area contributed by atoms with Crippen molar-refractivity contribution in [1.82, 2.24) is 0 Å². The van der Waals surface area contributed by atoms with E-state index in [2.05, 4.69) is 4.90 Å². The third kappa shape index (κ3) is 4.00. The summed E-state index contributed by atoms with van der Waals surface area (Å²) in [4.78, 5) is 4.16. The maximum absolute atomic E-state index is 14.8. The molecule has 7 rings (SSSR count). The maximum Gasteiger partial charge on any atom is 0.123 e. The summed E-state index contributed by atoms with van der Waals surface area (Å²) in [5.41, 5.74) is 17.0. The predicted octanol–water partition coefficient (Wildman–Crippen LogP) is 5.13. The fourth-order valence-corrected chi connectivity index (χ4v) is 8.08. The minimum absolute atomic E-state index is 0.0337. The van der Waals surface area contributed by atoms with Crippen molar-refractivity contribution in [3.05, 3.63) is 83.9 Å². The SMILES string of the molecule is CCN(CC)c1c2cccc(O)c2c(C2C([O-])C(c3c4c(N)cccc4c(N(C)C)c4cccc(N)c34)C2[O-])c2c(O)cccc12. The average molecular weight is 615 g/mol. The van der Waals surface area contributed by atoms with E-state index in [-0.39, 0.29) is 11.5 Å². The lowest BCUT2D eigenvalue weighted by atomic mass is 9.60. The van der Waals surface area contributed by atoms with Crippen LogP contribution in [-0.2, 0) is 0 Å². The van der Waals surface area contributed by atoms with Crippen LogP contribution in [0.2, 0.25) is 0 Å². The second kappa shape index (κ2) is 10.9. The zero-order valence-corrected chi connectivity index (χ0v) is 26.4. The highest BCUT2D eigenvalue weighted by atomic mass is 16.3. The number of phenols is 2. The number of hydrogen-bond acceptors (Lipinski definition) is 8. The highest BCUT2D eigenvalue weighted by molar-refractivity contribution is 6.20. The molecular weight excluding hydrogens is 576 g/mol. The van der Waals surface area contributed by atoms with Crippen LogP contribution in [0.15, 0.2) is 72.8 Å². The number of benzene rings is 6. The molecule has 0 aromatic heterocycles. The molecule has 0 heterocycles. The Bertz CT molecular complexity index is 2040. The number of phenolic OH excluding ortho intramolecular Hbond substituents is 2. The summed E-state index contributed by atoms with van der Waals surface area (Å²) in [5, 5.41) is 57.6. The molecule has 8 nitrogen and oxygen atoms in total. The van der Waals surface area contributed by atoms with Crippen LogP contribution < -0.4 is 31.5 Å². The smallest absolute Gasteiger partial charge is 0.123 e. The predicted molar refractivity (Wildman–Crippen MR) is 186 cm³/mol. The van der Waals surface area contributed by atoms with Gasteiger partial charge < -0.3 is 41.7 Å². The van der Waals surface area contributed by atoms with Gasteiger partial charge in [-0.05, 0) is 61.1 Å². The number of nitrogens with zero attached hydrogens (tertiary/aromatic N) is 2. The zero-order chi connectivity index (χ0) is 32.6. The van der Waals surface area contributed by atoms with Gasteiger partial charge in [-0.25, -0.2) is 0 Å². The fourth-order valence-electron chi connectivity index (χ4n) is 8.08. The number of hydrogen-bond donors (Lipinski definition) is 4. The summed E-state index contributed by atoms with van der Waals surface area (Å²) in [6.07, 6.45) is -2.80. The fraction of sp³-hybridized carbons (Fsp3) is 0.263. The van der Waals surface area contributed by atoms with Gasteiger partial charge in [0.15, 0.2) is 0 Å². The van der Waals surface area contributed by atoms with E-state index in [1.807, 2.05) is 69.2 Å². The Labute approximate surface area is 267 Å². The van der Waals surface area contributed by atoms with Gasteiger partial charge in [0.1, 0.15) is 11.5 Å². The Morgan fingerprint density at radius 3 is 1.35 bits per heavy atom. The van der Waals surface area contributed by atoms with E-state index >= 15 is 0 Å². The first kappa shape index (κ1) is 29.8. The molecule has 46 heavy (non-hydrogen) atoms. The maximum atomic E-state index is 14.8. The van der Waals surface area contributed by atoms with Crippen molar-refractivity contribution in [2.75, 3.05) is 48.5 Å². The van der Waals surface area contributed by atoms with Crippen molar-refractivity contribution < 1.29 is 20.4 Å². The van der Waals surface area contributed by atoms with Crippen LogP contribution in [0.4, 0.5) is 22.7 Å². The van der Waals surface area contributed by atoms with Gasteiger partial charge in [0.05, 0.1) is 11.4 Å². The molecule has 0 spiro atoms. The van der Waals surface area contributed by atoms with Crippen molar-refractivity contribution >= 4 is 65.8 Å². The summed E-state index contributed by atoms with van der Waals surface area (Å²) >= 11 is 0. The van der Waals surface area contributed by atoms with Gasteiger partial charge in [0.2, 0.25) is 0 Å². The zero-order valence-electron chi connectivity index (χ0n) is 26.4. The highest BCUT2D eigenvalue weighted by Crippen LogP contribution is 2.57. The van der Waals surface area contributed by atoms with E-state index in [4.69, 9.17) is 11.5 Å². The molecule has 1 aliphatic carbocycles. The van der Waals surface area contributed by atoms with Crippen LogP contribution >= 0.6 is 0 Å². The minimum Gasteiger partial charge on any atom is -0.851 e. The van der Waals surface area contributed by atoms with Crippen LogP contribution in [0.5, 0.6) is 11.5 Å². The molecular formula is C38H38N4O4-2. The second-order valence-electron chi connectivity index (χ2n) is 12.5. The second-order valence-corrected chi connectivity index (χ2v) is 12.5. The van der Waals surface area contributed by atoms with Gasteiger partial charge in [-0.1, -0.05) is 48.5 Å². The third-order valence-electron chi connectivity index (χ3n) is 9.99. The third-order valence-corrected chi connectivity index (χ3v) is 9.99. The first-order valence-electron chi connectivity index (χ1n) is 15.8. The molecule has 8 heteroatoms. The molecule has 0 aliphatic heterocycles. The number of aromatic hydroxyl groups is 2. The summed E-state index contributed by atoms with van der Waals surface area (Å²) < 4.78 is 0. The largest absolute Gasteiger partial charge is 0.851 e. The summed E-state index contributed by atoms with van der Waals surface area (Å²) in [7, 11) is 3.90. The Hall–Kier alpha value is -4.92. The molecule has 0 amide bonds. The molecule has 0 saturated heterocycles. The topological polar surface area (TPSA) is 145 Å². The monoisotopic (exact) mass is 614 g/mol. The van der Waals surface area contributed by atoms with Crippen molar-refractivity contribution in [1.29, 1.82) is 0 Å². The molecule has 236 valence electrons. The summed E-state index contributed by atoms with van der Waals surface area (Å²) in [6, 6.07) is 21.8. The first-order valence-corrected chi connectivity index (χ1v) is 15.8. The van der Waals surface area contributed by atoms with Gasteiger partial charge in [0, 0.05) is 81.6 Å². The standard InChI is InChI=1S/C38H38N4O4/c1-5-42(6-2)36-21-13-9-17-25(43)29(21)32(30-22(36)14-10-18-26(30)44)34-37(45)33(38(34)46)31-27-19(11-7-15-23(27)39)35(41(3)4)20-12-8-16-24(40)28(20)31/h7-18,33-34,37-38,43-44H,5-6,39-40H2,1-4H3/q-2. The molecule has 6 N–H and O–H groups in total. The van der Waals surface area contributed by atoms with Crippen LogP contribution in [0.1, 0.15) is 36.8 Å². The molecule has 6 aromatic rings. The molecule has 0 radical (unpaired) electrons. The number of nitrogens with two attached hydrogens (primary N) is 2. The normalized spacial score (nSPS) is 19.6. The van der Waals surface area contributed by atoms with Crippen LogP contribution in [0.25, 0.3) is 43.1 Å². The summed E-state index contributed by atoms with van der Waals surface area (Å²) in [5.74, 6) is -2.08. The number of nitrogen functional groups attached to an aromatic ring is 2. The molecule has 0 bridgehead atoms. The average Bonchev–Trinajstić information content (AvgIpc) is 3.02. The van der Waals surface area contributed by atoms with E-state index < -0.39 is 24.0 Å². The lowest BCUT2D eigenvalue weighted by Gasteiger charge is -2.62. The number of anilines is 4. The van der Waals surface area contributed by atoms with Crippen LogP contribution in [0.3, 0.4) is 0 Å². The van der Waals surface area contributed by atoms with Gasteiger partial charge >= 0.3 is 0 Å². The lowest BCUT2D eigenvalue weighted by molar-refractivity contribution is -0.535. The molecule has 1 aliphatic rings. The molecule has 2 unspecified atom stereocenters. The highest BCUT2D eigenvalue weighted by Gasteiger charge is 2.43. The van der Waals surface area contributed by atoms with Crippen molar-refractivity contribution in [2.45, 2.75) is 37.9 Å². The Kier molecular flexibility index (Phi) is 7.03. The van der Waals surface area contributed by atoms with Gasteiger partial charge in [0.25, 0.3) is 0 Å². The van der Waals surface area contributed by atoms with E-state index in [1.54, 1.807) is 36.4 Å². The van der Waals surface area contributed by atoms with Crippen molar-refractivity contribution in [3.8, 4) is 11.5 Å². The van der Waals surface area contributed by atoms with E-state index in [1.165, 1.54) is 0 Å². The lowest BCUT2D eigenvalue weighted by Crippen LogP contribution is -2.63. The van der Waals surface area contributed by atoms with E-state index in [0.29, 0.717) is 57.1 Å². The quantitative estimate of drug-likeness (QED) is 0.149. The van der Waals surface area contributed by atoms with Crippen molar-refractivity contribution in [3.63, 3.8) is 0 Å². The van der Waals surface area contributed by atoms with Gasteiger partial charge in [-0.2, -0.15) is 0 Å². The number of fused-ring (bicyclic) bond motifs is 4. The van der Waals surface area contributed by atoms with Crippen LogP contribution in [0, 0.1) is 0 Å². The Balaban J connectivity index is 1.54. The molecule has 2 atom stereocenters.